The molecule has 1 aromatic carbocycles. The van der Waals surface area contributed by atoms with Gasteiger partial charge in [0, 0.05) is 19.6 Å². The summed E-state index contributed by atoms with van der Waals surface area (Å²) in [5.74, 6) is -0.00307. The number of likely N-dealkylation sites (tertiary alicyclic amines) is 1. The van der Waals surface area contributed by atoms with Crippen LogP contribution in [-0.4, -0.2) is 41.9 Å². The molecular formula is C17H23F3N2O. The average Bonchev–Trinajstić information content (AvgIpc) is 2.53. The van der Waals surface area contributed by atoms with Crippen molar-refractivity contribution in [2.45, 2.75) is 44.9 Å². The molecule has 1 aromatic rings. The minimum atomic E-state index is -4.38. The number of hydrogen-bond donors (Lipinski definition) is 0. The third kappa shape index (κ3) is 4.47. The quantitative estimate of drug-likeness (QED) is 0.844. The van der Waals surface area contributed by atoms with Crippen molar-refractivity contribution >= 4 is 5.91 Å². The van der Waals surface area contributed by atoms with Crippen LogP contribution in [0.5, 0.6) is 0 Å². The van der Waals surface area contributed by atoms with E-state index in [2.05, 4.69) is 0 Å². The lowest BCUT2D eigenvalue weighted by Crippen LogP contribution is -2.47. The van der Waals surface area contributed by atoms with Crippen LogP contribution in [0.2, 0.25) is 0 Å². The van der Waals surface area contributed by atoms with Crippen molar-refractivity contribution in [1.82, 2.24) is 9.80 Å². The number of carbonyl (C=O) groups excluding carboxylic acids is 1. The smallest absolute Gasteiger partial charge is 0.341 e. The van der Waals surface area contributed by atoms with E-state index in [1.54, 1.807) is 24.9 Å². The van der Waals surface area contributed by atoms with Gasteiger partial charge in [-0.15, -0.1) is 0 Å². The van der Waals surface area contributed by atoms with Crippen molar-refractivity contribution in [2.75, 3.05) is 20.1 Å². The highest BCUT2D eigenvalue weighted by Crippen LogP contribution is 2.32. The van der Waals surface area contributed by atoms with Gasteiger partial charge in [-0.05, 0) is 44.9 Å². The van der Waals surface area contributed by atoms with Gasteiger partial charge in [-0.3, -0.25) is 9.69 Å². The number of hydrogen-bond acceptors (Lipinski definition) is 2. The summed E-state index contributed by atoms with van der Waals surface area (Å²) in [6.07, 6.45) is -1.25. The zero-order valence-corrected chi connectivity index (χ0v) is 13.6. The number of piperidine rings is 1. The molecule has 2 rings (SSSR count). The minimum absolute atomic E-state index is 0.00307. The number of amides is 1. The topological polar surface area (TPSA) is 23.6 Å². The second-order valence-corrected chi connectivity index (χ2v) is 6.13. The van der Waals surface area contributed by atoms with E-state index in [0.717, 1.165) is 38.4 Å². The van der Waals surface area contributed by atoms with Crippen LogP contribution in [0.3, 0.4) is 0 Å². The number of halogens is 3. The lowest BCUT2D eigenvalue weighted by molar-refractivity contribution is -0.138. The van der Waals surface area contributed by atoms with Gasteiger partial charge >= 0.3 is 6.18 Å². The van der Waals surface area contributed by atoms with E-state index in [9.17, 15) is 18.0 Å². The molecular weight excluding hydrogens is 305 g/mol. The molecule has 0 saturated carbocycles. The van der Waals surface area contributed by atoms with E-state index in [4.69, 9.17) is 0 Å². The van der Waals surface area contributed by atoms with E-state index < -0.39 is 17.8 Å². The Bertz CT molecular complexity index is 539. The van der Waals surface area contributed by atoms with E-state index in [1.807, 2.05) is 4.90 Å². The van der Waals surface area contributed by atoms with E-state index in [0.29, 0.717) is 0 Å². The van der Waals surface area contributed by atoms with Crippen molar-refractivity contribution in [3.63, 3.8) is 0 Å². The summed E-state index contributed by atoms with van der Waals surface area (Å²) in [7, 11) is 1.69. The van der Waals surface area contributed by atoms with Gasteiger partial charge in [0.15, 0.2) is 0 Å². The average molecular weight is 328 g/mol. The summed E-state index contributed by atoms with van der Waals surface area (Å²) < 4.78 is 39.2. The normalized spacial score (nSPS) is 17.4. The van der Waals surface area contributed by atoms with Crippen molar-refractivity contribution in [3.8, 4) is 0 Å². The lowest BCUT2D eigenvalue weighted by Gasteiger charge is -2.33. The summed E-state index contributed by atoms with van der Waals surface area (Å²) in [4.78, 5) is 16.0. The molecule has 0 spiro atoms. The Morgan fingerprint density at radius 3 is 2.43 bits per heavy atom. The third-order valence-corrected chi connectivity index (χ3v) is 4.43. The van der Waals surface area contributed by atoms with Crippen molar-refractivity contribution in [3.05, 3.63) is 35.4 Å². The summed E-state index contributed by atoms with van der Waals surface area (Å²) in [6, 6.07) is 5.09. The third-order valence-electron chi connectivity index (χ3n) is 4.43. The zero-order valence-electron chi connectivity index (χ0n) is 13.6. The number of nitrogens with zero attached hydrogens (tertiary/aromatic N) is 2. The van der Waals surface area contributed by atoms with Gasteiger partial charge in [0.1, 0.15) is 0 Å². The molecule has 0 N–H and O–H groups in total. The molecule has 0 radical (unpaired) electrons. The Labute approximate surface area is 135 Å². The fourth-order valence-electron chi connectivity index (χ4n) is 2.91. The molecule has 1 aliphatic heterocycles. The van der Waals surface area contributed by atoms with E-state index in [-0.39, 0.29) is 18.0 Å². The van der Waals surface area contributed by atoms with Crippen molar-refractivity contribution in [2.24, 2.45) is 0 Å². The fourth-order valence-corrected chi connectivity index (χ4v) is 2.91. The monoisotopic (exact) mass is 328 g/mol. The van der Waals surface area contributed by atoms with Gasteiger partial charge in [-0.25, -0.2) is 0 Å². The molecule has 23 heavy (non-hydrogen) atoms. The van der Waals surface area contributed by atoms with Gasteiger partial charge in [0.05, 0.1) is 11.6 Å². The maximum absolute atomic E-state index is 13.1. The number of alkyl halides is 3. The number of benzene rings is 1. The predicted octanol–water partition coefficient (Wildman–Crippen LogP) is 3.54. The molecule has 0 aromatic heterocycles. The van der Waals surface area contributed by atoms with Gasteiger partial charge in [-0.1, -0.05) is 18.2 Å². The molecule has 1 heterocycles. The first-order valence-electron chi connectivity index (χ1n) is 7.95. The summed E-state index contributed by atoms with van der Waals surface area (Å²) in [5.41, 5.74) is -0.440. The maximum Gasteiger partial charge on any atom is 0.416 e. The zero-order chi connectivity index (χ0) is 17.0. The number of rotatable bonds is 4. The Kier molecular flexibility index (Phi) is 5.68. The largest absolute Gasteiger partial charge is 0.416 e. The van der Waals surface area contributed by atoms with Crippen LogP contribution in [0.1, 0.15) is 37.3 Å². The Morgan fingerprint density at radius 1 is 1.22 bits per heavy atom. The lowest BCUT2D eigenvalue weighted by atomic mass is 10.1. The van der Waals surface area contributed by atoms with Crippen molar-refractivity contribution < 1.29 is 18.0 Å². The number of carbonyl (C=O) groups is 1. The Hall–Kier alpha value is -1.56. The van der Waals surface area contributed by atoms with Gasteiger partial charge in [0.25, 0.3) is 0 Å². The Morgan fingerprint density at radius 2 is 1.83 bits per heavy atom. The molecule has 3 nitrogen and oxygen atoms in total. The first-order chi connectivity index (χ1) is 10.8. The molecule has 0 bridgehead atoms. The van der Waals surface area contributed by atoms with Crippen LogP contribution in [0.4, 0.5) is 13.2 Å². The van der Waals surface area contributed by atoms with Gasteiger partial charge in [0.2, 0.25) is 5.91 Å². The highest BCUT2D eigenvalue weighted by molar-refractivity contribution is 5.81. The second-order valence-electron chi connectivity index (χ2n) is 6.13. The number of likely N-dealkylation sites (N-methyl/N-ethyl adjacent to an activating group) is 1. The maximum atomic E-state index is 13.1. The molecule has 1 amide bonds. The molecule has 0 aliphatic carbocycles. The highest BCUT2D eigenvalue weighted by atomic mass is 19.4. The van der Waals surface area contributed by atoms with E-state index >= 15 is 0 Å². The highest BCUT2D eigenvalue weighted by Gasteiger charge is 2.34. The molecule has 1 saturated heterocycles. The van der Waals surface area contributed by atoms with E-state index in [1.165, 1.54) is 12.1 Å². The molecule has 6 heteroatoms. The molecule has 1 atom stereocenters. The van der Waals surface area contributed by atoms with Crippen LogP contribution in [0.25, 0.3) is 0 Å². The Balaban J connectivity index is 2.06. The van der Waals surface area contributed by atoms with Crippen LogP contribution in [0.15, 0.2) is 24.3 Å². The summed E-state index contributed by atoms with van der Waals surface area (Å²) in [5, 5.41) is 0. The predicted molar refractivity (Wildman–Crippen MR) is 82.8 cm³/mol. The van der Waals surface area contributed by atoms with Crippen molar-refractivity contribution in [1.29, 1.82) is 0 Å². The van der Waals surface area contributed by atoms with Crippen LogP contribution < -0.4 is 0 Å². The summed E-state index contributed by atoms with van der Waals surface area (Å²) >= 11 is 0. The molecule has 1 aliphatic rings. The minimum Gasteiger partial charge on any atom is -0.341 e. The van der Waals surface area contributed by atoms with Crippen LogP contribution in [0, 0.1) is 0 Å². The SMILES string of the molecule is CC(C(=O)N1CCCCC1)N(C)Cc1ccccc1C(F)(F)F. The first kappa shape index (κ1) is 17.8. The standard InChI is InChI=1S/C17H23F3N2O/c1-13(16(23)22-10-6-3-7-11-22)21(2)12-14-8-4-5-9-15(14)17(18,19)20/h4-5,8-9,13H,3,6-7,10-12H2,1-2H3. The van der Waals surface area contributed by atoms with Crippen LogP contribution >= 0.6 is 0 Å². The van der Waals surface area contributed by atoms with Gasteiger partial charge < -0.3 is 4.90 Å². The molecule has 128 valence electrons. The summed E-state index contributed by atoms with van der Waals surface area (Å²) in [6.45, 7) is 3.34. The molecule has 1 fully saturated rings. The fraction of sp³-hybridized carbons (Fsp3) is 0.588. The second kappa shape index (κ2) is 7.34. The van der Waals surface area contributed by atoms with Gasteiger partial charge in [-0.2, -0.15) is 13.2 Å². The molecule has 1 unspecified atom stereocenters. The van der Waals surface area contributed by atoms with Crippen LogP contribution in [-0.2, 0) is 17.5 Å². The first-order valence-corrected chi connectivity index (χ1v) is 7.95.